The van der Waals surface area contributed by atoms with Crippen molar-refractivity contribution >= 4 is 5.97 Å². The lowest BCUT2D eigenvalue weighted by molar-refractivity contribution is -0.151. The van der Waals surface area contributed by atoms with E-state index in [1.54, 1.807) is 5.57 Å². The van der Waals surface area contributed by atoms with Gasteiger partial charge in [0.15, 0.2) is 0 Å². The molecule has 0 bridgehead atoms. The molecule has 0 radical (unpaired) electrons. The van der Waals surface area contributed by atoms with Crippen LogP contribution in [-0.4, -0.2) is 12.1 Å². The smallest absolute Gasteiger partial charge is 0.306 e. The zero-order valence-corrected chi connectivity index (χ0v) is 35.4. The highest BCUT2D eigenvalue weighted by atomic mass is 16.5. The van der Waals surface area contributed by atoms with Crippen molar-refractivity contribution in [3.8, 4) is 0 Å². The van der Waals surface area contributed by atoms with Gasteiger partial charge in [0.05, 0.1) is 0 Å². The Hall–Kier alpha value is -1.57. The highest BCUT2D eigenvalue weighted by Gasteiger charge is 2.59. The van der Waals surface area contributed by atoms with Crippen LogP contribution in [0.15, 0.2) is 48.1 Å². The van der Waals surface area contributed by atoms with Crippen molar-refractivity contribution < 1.29 is 9.53 Å². The minimum absolute atomic E-state index is 0.0550. The molecule has 3 fully saturated rings. The number of rotatable bonds is 23. The molecule has 4 aliphatic carbocycles. The number of esters is 1. The zero-order valence-electron chi connectivity index (χ0n) is 35.4. The third-order valence-electron chi connectivity index (χ3n) is 15.4. The predicted molar refractivity (Wildman–Crippen MR) is 225 cm³/mol. The quantitative estimate of drug-likeness (QED) is 0.0598. The molecule has 0 aliphatic heterocycles. The summed E-state index contributed by atoms with van der Waals surface area (Å²) < 4.78 is 6.15. The van der Waals surface area contributed by atoms with Crippen molar-refractivity contribution in [1.29, 1.82) is 0 Å². The fourth-order valence-electron chi connectivity index (χ4n) is 11.6. The maximum absolute atomic E-state index is 12.9. The number of hydrogen-bond acceptors (Lipinski definition) is 2. The summed E-state index contributed by atoms with van der Waals surface area (Å²) in [6, 6.07) is 0. The van der Waals surface area contributed by atoms with Gasteiger partial charge in [-0.15, -0.1) is 0 Å². The van der Waals surface area contributed by atoms with E-state index in [4.69, 9.17) is 4.74 Å². The summed E-state index contributed by atoms with van der Waals surface area (Å²) in [5.74, 6) is 6.07. The summed E-state index contributed by atoms with van der Waals surface area (Å²) in [6.45, 7) is 17.3. The van der Waals surface area contributed by atoms with Crippen LogP contribution in [0.2, 0.25) is 0 Å². The van der Waals surface area contributed by atoms with Crippen molar-refractivity contribution in [2.45, 2.75) is 209 Å². The van der Waals surface area contributed by atoms with E-state index in [1.165, 1.54) is 103 Å². The first kappa shape index (κ1) is 43.2. The van der Waals surface area contributed by atoms with Crippen molar-refractivity contribution in [3.63, 3.8) is 0 Å². The first-order valence-corrected chi connectivity index (χ1v) is 22.9. The normalized spacial score (nSPS) is 31.5. The predicted octanol–water partition coefficient (Wildman–Crippen LogP) is 15.3. The molecule has 2 nitrogen and oxygen atoms in total. The molecule has 52 heavy (non-hydrogen) atoms. The van der Waals surface area contributed by atoms with E-state index >= 15 is 0 Å². The van der Waals surface area contributed by atoms with Gasteiger partial charge in [0.1, 0.15) is 6.10 Å². The second-order valence-electron chi connectivity index (χ2n) is 19.1. The number of carbonyl (C=O) groups excluding carboxylic acids is 1. The Balaban J connectivity index is 1.07. The van der Waals surface area contributed by atoms with E-state index in [-0.39, 0.29) is 12.1 Å². The lowest BCUT2D eigenvalue weighted by Crippen LogP contribution is -2.51. The molecule has 2 heteroatoms. The molecule has 0 heterocycles. The Morgan fingerprint density at radius 2 is 1.42 bits per heavy atom. The standard InChI is InChI=1S/C50H84O2/c1-8-9-10-11-12-13-14-15-16-17-18-19-20-21-22-23-24-25-26-27-48(51)52-43-34-36-49(6)42(38-43)30-31-44-46-33-32-45(50(46,7)37-35-47(44)49)41(5)29-28-40(4)39(2)3/h9-10,12-13,15-16,30,39-41,43-47H,8,11,14,17-29,31-38H2,1-7H3/b10-9-,13-12-,16-15-/t40-,41-,43+,44+,45-,46+,47+,49+,50-/m1/s1. The highest BCUT2D eigenvalue weighted by Crippen LogP contribution is 2.67. The van der Waals surface area contributed by atoms with Gasteiger partial charge in [0.2, 0.25) is 0 Å². The molecule has 0 amide bonds. The minimum Gasteiger partial charge on any atom is -0.462 e. The van der Waals surface area contributed by atoms with Gasteiger partial charge in [-0.1, -0.05) is 154 Å². The molecular formula is C50H84O2. The number of ether oxygens (including phenoxy) is 1. The van der Waals surface area contributed by atoms with Crippen LogP contribution in [0.1, 0.15) is 203 Å². The summed E-state index contributed by atoms with van der Waals surface area (Å²) in [7, 11) is 0. The average molecular weight is 717 g/mol. The third-order valence-corrected chi connectivity index (χ3v) is 15.4. The van der Waals surface area contributed by atoms with E-state index < -0.39 is 0 Å². The van der Waals surface area contributed by atoms with Gasteiger partial charge in [0.25, 0.3) is 0 Å². The van der Waals surface area contributed by atoms with Gasteiger partial charge >= 0.3 is 5.97 Å². The Morgan fingerprint density at radius 3 is 2.12 bits per heavy atom. The van der Waals surface area contributed by atoms with Crippen LogP contribution in [0.25, 0.3) is 0 Å². The van der Waals surface area contributed by atoms with Gasteiger partial charge in [-0.3, -0.25) is 4.79 Å². The van der Waals surface area contributed by atoms with Crippen molar-refractivity contribution in [3.05, 3.63) is 48.1 Å². The molecule has 4 rings (SSSR count). The molecule has 0 saturated heterocycles. The van der Waals surface area contributed by atoms with Crippen LogP contribution < -0.4 is 0 Å². The fourth-order valence-corrected chi connectivity index (χ4v) is 11.6. The van der Waals surface area contributed by atoms with Gasteiger partial charge in [-0.05, 0) is 136 Å². The topological polar surface area (TPSA) is 26.3 Å². The molecule has 9 atom stereocenters. The molecular weight excluding hydrogens is 633 g/mol. The van der Waals surface area contributed by atoms with Crippen molar-refractivity contribution in [2.24, 2.45) is 52.3 Å². The molecule has 0 N–H and O–H groups in total. The monoisotopic (exact) mass is 717 g/mol. The summed E-state index contributed by atoms with van der Waals surface area (Å²) in [6.07, 6.45) is 46.1. The number of unbranched alkanes of at least 4 members (excludes halogenated alkanes) is 9. The van der Waals surface area contributed by atoms with E-state index in [2.05, 4.69) is 91.0 Å². The number of fused-ring (bicyclic) bond motifs is 5. The zero-order chi connectivity index (χ0) is 37.4. The van der Waals surface area contributed by atoms with Crippen LogP contribution in [0.5, 0.6) is 0 Å². The van der Waals surface area contributed by atoms with Crippen LogP contribution in [-0.2, 0) is 9.53 Å². The van der Waals surface area contributed by atoms with Crippen LogP contribution in [0.4, 0.5) is 0 Å². The van der Waals surface area contributed by atoms with E-state index in [0.29, 0.717) is 17.3 Å². The molecule has 0 aromatic rings. The molecule has 296 valence electrons. The molecule has 0 spiro atoms. The van der Waals surface area contributed by atoms with Crippen LogP contribution in [0, 0.1) is 52.3 Å². The second kappa shape index (κ2) is 22.1. The molecule has 0 aromatic heterocycles. The maximum Gasteiger partial charge on any atom is 0.306 e. The molecule has 4 aliphatic rings. The number of carbonyl (C=O) groups is 1. The Bertz CT molecular complexity index is 1160. The minimum atomic E-state index is 0.0550. The number of hydrogen-bond donors (Lipinski definition) is 0. The van der Waals surface area contributed by atoms with Gasteiger partial charge in [-0.2, -0.15) is 0 Å². The Kier molecular flexibility index (Phi) is 18.3. The average Bonchev–Trinajstić information content (AvgIpc) is 3.48. The van der Waals surface area contributed by atoms with Gasteiger partial charge < -0.3 is 4.74 Å². The molecule has 0 aromatic carbocycles. The SMILES string of the molecule is CC/C=C\C/C=C\C/C=C\CCCCCCCCCCCC(=O)O[C@H]1CC[C@@]2(C)C(=CC[C@H]3[C@@H]4CC[C@H]([C@H](C)CC[C@@H](C)C(C)C)[C@@]4(C)CC[C@@H]32)C1. The first-order chi connectivity index (χ1) is 25.1. The largest absolute Gasteiger partial charge is 0.462 e. The highest BCUT2D eigenvalue weighted by molar-refractivity contribution is 5.69. The van der Waals surface area contributed by atoms with Crippen LogP contribution >= 0.6 is 0 Å². The summed E-state index contributed by atoms with van der Waals surface area (Å²) >= 11 is 0. The lowest BCUT2D eigenvalue weighted by atomic mass is 9.47. The molecule has 0 unspecified atom stereocenters. The summed E-state index contributed by atoms with van der Waals surface area (Å²) in [5, 5.41) is 0. The Labute approximate surface area is 323 Å². The lowest BCUT2D eigenvalue weighted by Gasteiger charge is -2.58. The van der Waals surface area contributed by atoms with E-state index in [9.17, 15) is 4.79 Å². The Morgan fingerprint density at radius 1 is 0.769 bits per heavy atom. The van der Waals surface area contributed by atoms with E-state index in [1.807, 2.05) is 0 Å². The maximum atomic E-state index is 12.9. The van der Waals surface area contributed by atoms with E-state index in [0.717, 1.165) is 86.4 Å². The summed E-state index contributed by atoms with van der Waals surface area (Å²) in [5.41, 5.74) is 2.50. The van der Waals surface area contributed by atoms with Gasteiger partial charge in [-0.25, -0.2) is 0 Å². The van der Waals surface area contributed by atoms with Gasteiger partial charge in [0, 0.05) is 12.8 Å². The number of allylic oxidation sites excluding steroid dienone is 7. The van der Waals surface area contributed by atoms with Crippen molar-refractivity contribution in [2.75, 3.05) is 0 Å². The fraction of sp³-hybridized carbons (Fsp3) is 0.820. The third kappa shape index (κ3) is 12.2. The second-order valence-corrected chi connectivity index (χ2v) is 19.1. The van der Waals surface area contributed by atoms with Crippen molar-refractivity contribution in [1.82, 2.24) is 0 Å². The molecule has 3 saturated carbocycles. The first-order valence-electron chi connectivity index (χ1n) is 22.9. The van der Waals surface area contributed by atoms with Crippen LogP contribution in [0.3, 0.4) is 0 Å². The summed E-state index contributed by atoms with van der Waals surface area (Å²) in [4.78, 5) is 12.9.